The maximum absolute atomic E-state index is 5.93. The SMILES string of the molecule is CCOP(=S)(CP(=S)(OCC)c1ccccc1)OCC. The van der Waals surface area contributed by atoms with Gasteiger partial charge in [-0.3, -0.25) is 0 Å². The molecule has 1 aromatic carbocycles. The summed E-state index contributed by atoms with van der Waals surface area (Å²) in [6.45, 7) is 5.06. The van der Waals surface area contributed by atoms with Crippen molar-refractivity contribution in [3.05, 3.63) is 30.3 Å². The summed E-state index contributed by atoms with van der Waals surface area (Å²) in [5.41, 5.74) is 0. The van der Waals surface area contributed by atoms with Crippen LogP contribution in [0, 0.1) is 0 Å². The van der Waals surface area contributed by atoms with Gasteiger partial charge >= 0.3 is 0 Å². The molecule has 0 aliphatic heterocycles. The predicted molar refractivity (Wildman–Crippen MR) is 94.4 cm³/mol. The van der Waals surface area contributed by atoms with Crippen molar-refractivity contribution >= 4 is 41.7 Å². The van der Waals surface area contributed by atoms with E-state index in [1.165, 1.54) is 0 Å². The number of hydrogen-bond acceptors (Lipinski definition) is 5. The van der Waals surface area contributed by atoms with E-state index in [0.717, 1.165) is 5.30 Å². The summed E-state index contributed by atoms with van der Waals surface area (Å²) < 4.78 is 17.4. The Labute approximate surface area is 132 Å². The predicted octanol–water partition coefficient (Wildman–Crippen LogP) is 4.08. The molecule has 1 unspecified atom stereocenters. The minimum Gasteiger partial charge on any atom is -0.346 e. The molecule has 0 amide bonds. The maximum Gasteiger partial charge on any atom is 0.196 e. The molecule has 1 rings (SSSR count). The Balaban J connectivity index is 3.08. The van der Waals surface area contributed by atoms with Crippen LogP contribution in [-0.2, 0) is 37.2 Å². The molecule has 0 aliphatic rings. The van der Waals surface area contributed by atoms with Crippen molar-refractivity contribution in [3.8, 4) is 0 Å². The topological polar surface area (TPSA) is 27.7 Å². The zero-order valence-electron chi connectivity index (χ0n) is 12.2. The van der Waals surface area contributed by atoms with Gasteiger partial charge in [0.05, 0.1) is 19.1 Å². The highest BCUT2D eigenvalue weighted by Gasteiger charge is 2.31. The first kappa shape index (κ1) is 18.4. The van der Waals surface area contributed by atoms with Gasteiger partial charge in [-0.1, -0.05) is 42.1 Å². The van der Waals surface area contributed by atoms with E-state index in [-0.39, 0.29) is 0 Å². The zero-order valence-corrected chi connectivity index (χ0v) is 15.6. The molecular formula is C13H22O3P2S2. The molecule has 114 valence electrons. The average molecular weight is 352 g/mol. The highest BCUT2D eigenvalue weighted by molar-refractivity contribution is 8.23. The van der Waals surface area contributed by atoms with Crippen LogP contribution in [0.2, 0.25) is 0 Å². The Morgan fingerprint density at radius 3 is 1.80 bits per heavy atom. The normalized spacial score (nSPS) is 14.9. The van der Waals surface area contributed by atoms with Crippen LogP contribution in [-0.4, -0.2) is 25.7 Å². The van der Waals surface area contributed by atoms with Crippen LogP contribution in [0.1, 0.15) is 20.8 Å². The highest BCUT2D eigenvalue weighted by atomic mass is 32.5. The van der Waals surface area contributed by atoms with Gasteiger partial charge in [0.25, 0.3) is 0 Å². The third kappa shape index (κ3) is 5.31. The lowest BCUT2D eigenvalue weighted by atomic mass is 10.4. The van der Waals surface area contributed by atoms with Crippen LogP contribution in [0.5, 0.6) is 0 Å². The Hall–Kier alpha value is 0.400. The van der Waals surface area contributed by atoms with E-state index >= 15 is 0 Å². The largest absolute Gasteiger partial charge is 0.346 e. The van der Waals surface area contributed by atoms with Gasteiger partial charge < -0.3 is 13.6 Å². The first-order valence-corrected chi connectivity index (χ1v) is 12.4. The fourth-order valence-corrected chi connectivity index (χ4v) is 12.1. The fourth-order valence-electron chi connectivity index (χ4n) is 1.80. The molecule has 0 aromatic heterocycles. The van der Waals surface area contributed by atoms with E-state index < -0.39 is 12.8 Å². The van der Waals surface area contributed by atoms with Crippen molar-refractivity contribution in [3.63, 3.8) is 0 Å². The molecule has 3 nitrogen and oxygen atoms in total. The lowest BCUT2D eigenvalue weighted by Gasteiger charge is -2.29. The summed E-state index contributed by atoms with van der Waals surface area (Å²) >= 11 is 11.4. The number of hydrogen-bond donors (Lipinski definition) is 0. The lowest BCUT2D eigenvalue weighted by Crippen LogP contribution is -2.12. The molecule has 0 radical (unpaired) electrons. The number of benzene rings is 1. The lowest BCUT2D eigenvalue weighted by molar-refractivity contribution is 0.269. The van der Waals surface area contributed by atoms with Crippen molar-refractivity contribution in [2.75, 3.05) is 25.7 Å². The summed E-state index contributed by atoms with van der Waals surface area (Å²) in [5, 5.41) is 1.03. The summed E-state index contributed by atoms with van der Waals surface area (Å²) in [7, 11) is 0. The van der Waals surface area contributed by atoms with Crippen molar-refractivity contribution in [2.45, 2.75) is 20.8 Å². The molecule has 0 bridgehead atoms. The van der Waals surface area contributed by atoms with Gasteiger partial charge in [-0.15, -0.1) is 0 Å². The summed E-state index contributed by atoms with van der Waals surface area (Å²) in [6.07, 6.45) is -2.22. The van der Waals surface area contributed by atoms with Gasteiger partial charge in [-0.2, -0.15) is 0 Å². The molecule has 0 aliphatic carbocycles. The molecule has 0 fully saturated rings. The van der Waals surface area contributed by atoms with Crippen molar-refractivity contribution < 1.29 is 13.6 Å². The van der Waals surface area contributed by atoms with Gasteiger partial charge in [0.15, 0.2) is 6.49 Å². The smallest absolute Gasteiger partial charge is 0.196 e. The van der Waals surface area contributed by atoms with Crippen LogP contribution in [0.4, 0.5) is 0 Å². The second-order valence-corrected chi connectivity index (χ2v) is 12.4. The van der Waals surface area contributed by atoms with E-state index in [4.69, 9.17) is 37.2 Å². The summed E-state index contributed by atoms with van der Waals surface area (Å²) in [5.74, 6) is 0.504. The van der Waals surface area contributed by atoms with E-state index in [9.17, 15) is 0 Å². The highest BCUT2D eigenvalue weighted by Crippen LogP contribution is 2.63. The zero-order chi connectivity index (χ0) is 15.1. The van der Waals surface area contributed by atoms with Gasteiger partial charge in [0.2, 0.25) is 0 Å². The second-order valence-electron chi connectivity index (χ2n) is 4.01. The van der Waals surface area contributed by atoms with Crippen molar-refractivity contribution in [1.29, 1.82) is 0 Å². The molecule has 20 heavy (non-hydrogen) atoms. The monoisotopic (exact) mass is 352 g/mol. The number of rotatable bonds is 9. The average Bonchev–Trinajstić information content (AvgIpc) is 2.40. The quantitative estimate of drug-likeness (QED) is 0.624. The Kier molecular flexibility index (Phi) is 8.07. The van der Waals surface area contributed by atoms with Crippen LogP contribution < -0.4 is 5.30 Å². The molecular weight excluding hydrogens is 330 g/mol. The molecule has 0 saturated carbocycles. The third-order valence-electron chi connectivity index (χ3n) is 2.50. The minimum absolute atomic E-state index is 0.504. The molecule has 1 aromatic rings. The first-order valence-electron chi connectivity index (χ1n) is 6.67. The fraction of sp³-hybridized carbons (Fsp3) is 0.538. The van der Waals surface area contributed by atoms with Gasteiger partial charge in [0, 0.05) is 11.9 Å². The van der Waals surface area contributed by atoms with Gasteiger partial charge in [0.1, 0.15) is 6.26 Å². The third-order valence-corrected chi connectivity index (χ3v) is 12.1. The standard InChI is InChI=1S/C13H22O3P2S2/c1-4-14-17(19,13-10-8-7-9-11-13)12-18(20,15-5-2)16-6-3/h7-11H,4-6,12H2,1-3H3. The second kappa shape index (κ2) is 8.75. The van der Waals surface area contributed by atoms with Gasteiger partial charge in [-0.05, 0) is 32.6 Å². The van der Waals surface area contributed by atoms with Crippen molar-refractivity contribution in [2.24, 2.45) is 0 Å². The maximum atomic E-state index is 5.93. The summed E-state index contributed by atoms with van der Waals surface area (Å²) in [6, 6.07) is 9.93. The molecule has 0 saturated heterocycles. The Morgan fingerprint density at radius 1 is 0.850 bits per heavy atom. The summed E-state index contributed by atoms with van der Waals surface area (Å²) in [4.78, 5) is 0. The van der Waals surface area contributed by atoms with Crippen LogP contribution in [0.3, 0.4) is 0 Å². The van der Waals surface area contributed by atoms with E-state index in [1.807, 2.05) is 51.1 Å². The van der Waals surface area contributed by atoms with E-state index in [2.05, 4.69) is 0 Å². The Bertz CT molecular complexity index is 484. The van der Waals surface area contributed by atoms with E-state index in [0.29, 0.717) is 25.7 Å². The molecule has 1 atom stereocenters. The molecule has 7 heteroatoms. The van der Waals surface area contributed by atoms with Crippen LogP contribution in [0.25, 0.3) is 0 Å². The molecule has 0 spiro atoms. The Morgan fingerprint density at radius 2 is 1.35 bits per heavy atom. The van der Waals surface area contributed by atoms with E-state index in [1.54, 1.807) is 0 Å². The van der Waals surface area contributed by atoms with Crippen LogP contribution >= 0.6 is 12.8 Å². The molecule has 0 N–H and O–H groups in total. The van der Waals surface area contributed by atoms with Crippen LogP contribution in [0.15, 0.2) is 30.3 Å². The molecule has 0 heterocycles. The van der Waals surface area contributed by atoms with Crippen molar-refractivity contribution in [1.82, 2.24) is 0 Å². The minimum atomic E-state index is -2.38. The van der Waals surface area contributed by atoms with Gasteiger partial charge in [-0.25, -0.2) is 0 Å². The first-order chi connectivity index (χ1) is 9.49.